The highest BCUT2D eigenvalue weighted by molar-refractivity contribution is 6.63. The Morgan fingerprint density at radius 3 is 2.40 bits per heavy atom. The number of rotatable bonds is 10. The SMILES string of the molecule is BC(B)(C=O)C(B)(B)C(B)(C(=O)NC)N1Cc2c(OCc3cccc(CN4CCOCC4)c3F)cccc2C1=O. The molecule has 40 heavy (non-hydrogen) atoms. The van der Waals surface area contributed by atoms with Gasteiger partial charge in [0.15, 0.2) is 0 Å². The maximum atomic E-state index is 15.4. The molecular weight excluding hydrogens is 507 g/mol. The zero-order chi connectivity index (χ0) is 29.3. The molecule has 0 bridgehead atoms. The molecule has 1 N–H and O–H groups in total. The number of nitrogens with one attached hydrogen (secondary N) is 1. The van der Waals surface area contributed by atoms with Crippen molar-refractivity contribution in [1.29, 1.82) is 0 Å². The molecule has 2 aromatic carbocycles. The van der Waals surface area contributed by atoms with E-state index in [0.29, 0.717) is 47.8 Å². The van der Waals surface area contributed by atoms with Gasteiger partial charge in [-0.25, -0.2) is 4.39 Å². The molecule has 1 fully saturated rings. The molecule has 2 aliphatic rings. The van der Waals surface area contributed by atoms with Gasteiger partial charge in [-0.1, -0.05) is 29.5 Å². The lowest BCUT2D eigenvalue weighted by atomic mass is 9.23. The Hall–Kier alpha value is -2.98. The van der Waals surface area contributed by atoms with Crippen LogP contribution in [0.4, 0.5) is 4.39 Å². The normalized spacial score (nSPS) is 17.6. The average molecular weight is 543 g/mol. The topological polar surface area (TPSA) is 88.2 Å². The summed E-state index contributed by atoms with van der Waals surface area (Å²) in [7, 11) is 10.4. The minimum atomic E-state index is -1.36. The van der Waals surface area contributed by atoms with Crippen LogP contribution in [-0.2, 0) is 34.0 Å². The Morgan fingerprint density at radius 1 is 1.10 bits per heavy atom. The van der Waals surface area contributed by atoms with Crippen LogP contribution in [0, 0.1) is 5.82 Å². The summed E-state index contributed by atoms with van der Waals surface area (Å²) in [5.74, 6) is -0.530. The van der Waals surface area contributed by atoms with Gasteiger partial charge in [-0.05, 0) is 17.3 Å². The van der Waals surface area contributed by atoms with Crippen molar-refractivity contribution in [2.45, 2.75) is 35.6 Å². The van der Waals surface area contributed by atoms with Crippen molar-refractivity contribution >= 4 is 57.3 Å². The molecule has 2 aromatic rings. The highest BCUT2D eigenvalue weighted by Gasteiger charge is 2.59. The second kappa shape index (κ2) is 11.5. The number of amides is 2. The van der Waals surface area contributed by atoms with E-state index in [1.807, 2.05) is 21.8 Å². The van der Waals surface area contributed by atoms with Crippen molar-refractivity contribution in [2.24, 2.45) is 0 Å². The van der Waals surface area contributed by atoms with Crippen LogP contribution in [0.3, 0.4) is 0 Å². The minimum Gasteiger partial charge on any atom is -0.488 e. The van der Waals surface area contributed by atoms with Crippen LogP contribution in [0.5, 0.6) is 5.75 Å². The lowest BCUT2D eigenvalue weighted by molar-refractivity contribution is -0.128. The molecular formula is C26H35B5FN3O5. The van der Waals surface area contributed by atoms with Gasteiger partial charge in [-0.3, -0.25) is 14.5 Å². The summed E-state index contributed by atoms with van der Waals surface area (Å²) < 4.78 is 26.9. The Balaban J connectivity index is 1.60. The van der Waals surface area contributed by atoms with Crippen LogP contribution in [0.2, 0.25) is 10.4 Å². The predicted molar refractivity (Wildman–Crippen MR) is 164 cm³/mol. The van der Waals surface area contributed by atoms with Crippen LogP contribution in [0.15, 0.2) is 36.4 Å². The molecule has 0 spiro atoms. The smallest absolute Gasteiger partial charge is 0.254 e. The molecule has 0 saturated carbocycles. The molecule has 4 rings (SSSR count). The number of morpholine rings is 1. The first-order chi connectivity index (χ1) is 18.9. The second-order valence-corrected chi connectivity index (χ2v) is 11.9. The van der Waals surface area contributed by atoms with Gasteiger partial charge in [0.2, 0.25) is 5.91 Å². The molecule has 2 heterocycles. The van der Waals surface area contributed by atoms with Crippen molar-refractivity contribution in [3.05, 3.63) is 64.5 Å². The monoisotopic (exact) mass is 543 g/mol. The van der Waals surface area contributed by atoms with E-state index in [1.54, 1.807) is 53.9 Å². The number of aldehydes is 1. The van der Waals surface area contributed by atoms with Gasteiger partial charge in [0.05, 0.1) is 25.2 Å². The van der Waals surface area contributed by atoms with Crippen LogP contribution >= 0.6 is 0 Å². The summed E-state index contributed by atoms with van der Waals surface area (Å²) in [5, 5.41) is 0.838. The van der Waals surface area contributed by atoms with E-state index in [0.717, 1.165) is 19.4 Å². The van der Waals surface area contributed by atoms with Crippen LogP contribution in [-0.4, -0.2) is 106 Å². The highest BCUT2D eigenvalue weighted by Crippen LogP contribution is 2.52. The van der Waals surface area contributed by atoms with Gasteiger partial charge >= 0.3 is 0 Å². The molecule has 8 nitrogen and oxygen atoms in total. The number of ether oxygens (including phenoxy) is 2. The highest BCUT2D eigenvalue weighted by atomic mass is 19.1. The predicted octanol–water partition coefficient (Wildman–Crippen LogP) is -2.77. The van der Waals surface area contributed by atoms with Gasteiger partial charge in [-0.2, -0.15) is 0 Å². The van der Waals surface area contributed by atoms with E-state index < -0.39 is 15.9 Å². The molecule has 1 atom stereocenters. The number of likely N-dealkylation sites (N-methyl/N-ethyl adjacent to an activating group) is 1. The van der Waals surface area contributed by atoms with Gasteiger partial charge < -0.3 is 24.5 Å². The third-order valence-corrected chi connectivity index (χ3v) is 9.30. The number of hydrogen-bond donors (Lipinski definition) is 1. The summed E-state index contributed by atoms with van der Waals surface area (Å²) >= 11 is 0. The molecule has 206 valence electrons. The van der Waals surface area contributed by atoms with Crippen molar-refractivity contribution in [1.82, 2.24) is 15.1 Å². The summed E-state index contributed by atoms with van der Waals surface area (Å²) in [5.41, 5.74) is 0.721. The second-order valence-electron chi connectivity index (χ2n) is 11.9. The maximum Gasteiger partial charge on any atom is 0.254 e. The fourth-order valence-electron chi connectivity index (χ4n) is 5.58. The summed E-state index contributed by atoms with van der Waals surface area (Å²) in [6.45, 7) is 3.41. The zero-order valence-corrected chi connectivity index (χ0v) is 24.3. The van der Waals surface area contributed by atoms with Crippen molar-refractivity contribution in [3.8, 4) is 5.75 Å². The summed E-state index contributed by atoms with van der Waals surface area (Å²) in [6.07, 6.45) is 0.831. The summed E-state index contributed by atoms with van der Waals surface area (Å²) in [4.78, 5) is 43.0. The van der Waals surface area contributed by atoms with E-state index in [1.165, 1.54) is 11.9 Å². The number of hydrogen-bond acceptors (Lipinski definition) is 6. The van der Waals surface area contributed by atoms with Crippen LogP contribution in [0.25, 0.3) is 0 Å². The number of benzene rings is 2. The standard InChI is InChI=1S/C26H35B5FN3O5/c1-33-23(38)25(29,26(30,31)24(27,28)15-36)35-13-19-18(22(35)37)6-3-7-20(19)40-14-17-5-2-4-16(21(17)32)12-34-8-10-39-11-9-34/h2-7,15H,8-14,27-31H2,1H3,(H,33,38). The fraction of sp³-hybridized carbons (Fsp3) is 0.423. The van der Waals surface area contributed by atoms with Gasteiger partial charge in [0.25, 0.3) is 5.91 Å². The molecule has 0 aromatic heterocycles. The molecule has 1 unspecified atom stereocenters. The third kappa shape index (κ3) is 5.12. The van der Waals surface area contributed by atoms with E-state index >= 15 is 4.39 Å². The number of halogens is 1. The van der Waals surface area contributed by atoms with Gasteiger partial charge in [0.1, 0.15) is 63.7 Å². The van der Waals surface area contributed by atoms with Crippen LogP contribution < -0.4 is 10.1 Å². The largest absolute Gasteiger partial charge is 0.488 e. The molecule has 0 radical (unpaired) electrons. The molecule has 2 aliphatic heterocycles. The zero-order valence-electron chi connectivity index (χ0n) is 24.3. The van der Waals surface area contributed by atoms with Gasteiger partial charge in [0, 0.05) is 48.9 Å². The Labute approximate surface area is 239 Å². The van der Waals surface area contributed by atoms with Gasteiger partial charge in [-0.15, -0.1) is 0 Å². The van der Waals surface area contributed by atoms with E-state index in [-0.39, 0.29) is 30.8 Å². The molecule has 1 saturated heterocycles. The minimum absolute atomic E-state index is 0.0101. The average Bonchev–Trinajstić information content (AvgIpc) is 3.30. The van der Waals surface area contributed by atoms with Crippen molar-refractivity contribution in [2.75, 3.05) is 33.4 Å². The van der Waals surface area contributed by atoms with Crippen LogP contribution in [0.1, 0.15) is 27.0 Å². The molecule has 14 heteroatoms. The van der Waals surface area contributed by atoms with Crippen molar-refractivity contribution < 1.29 is 28.2 Å². The quantitative estimate of drug-likeness (QED) is 0.259. The number of carbonyl (C=O) groups excluding carboxylic acids is 3. The number of carbonyl (C=O) groups is 3. The Morgan fingerprint density at radius 2 is 1.75 bits per heavy atom. The first kappa shape index (κ1) is 30.0. The molecule has 2 amide bonds. The summed E-state index contributed by atoms with van der Waals surface area (Å²) in [6, 6.07) is 10.5. The lowest BCUT2D eigenvalue weighted by Crippen LogP contribution is -2.69. The lowest BCUT2D eigenvalue weighted by Gasteiger charge is -2.55. The Bertz CT molecular complexity index is 1310. The number of nitrogens with zero attached hydrogens (tertiary/aromatic N) is 2. The maximum absolute atomic E-state index is 15.4. The first-order valence-electron chi connectivity index (χ1n) is 13.7. The third-order valence-electron chi connectivity index (χ3n) is 9.30. The fourth-order valence-corrected chi connectivity index (χ4v) is 5.58. The van der Waals surface area contributed by atoms with E-state index in [2.05, 4.69) is 10.2 Å². The number of fused-ring (bicyclic) bond motifs is 1. The van der Waals surface area contributed by atoms with Crippen molar-refractivity contribution in [3.63, 3.8) is 0 Å². The van der Waals surface area contributed by atoms with E-state index in [4.69, 9.17) is 9.47 Å². The first-order valence-corrected chi connectivity index (χ1v) is 13.7. The molecule has 0 aliphatic carbocycles. The Kier molecular flexibility index (Phi) is 8.61. The van der Waals surface area contributed by atoms with E-state index in [9.17, 15) is 14.4 Å².